The Labute approximate surface area is 352 Å². The fourth-order valence-electron chi connectivity index (χ4n) is 8.48. The van der Waals surface area contributed by atoms with Crippen molar-refractivity contribution in [1.29, 1.82) is 0 Å². The summed E-state index contributed by atoms with van der Waals surface area (Å²) in [7, 11) is 4.21. The molecule has 60 heavy (non-hydrogen) atoms. The van der Waals surface area contributed by atoms with Gasteiger partial charge in [0.15, 0.2) is 0 Å². The summed E-state index contributed by atoms with van der Waals surface area (Å²) in [5.74, 6) is -1.69. The van der Waals surface area contributed by atoms with Crippen LogP contribution in [0.4, 0.5) is 14.9 Å². The number of ether oxygens (including phenoxy) is 1. The molecule has 14 heteroatoms. The van der Waals surface area contributed by atoms with Crippen LogP contribution < -0.4 is 16.0 Å². The van der Waals surface area contributed by atoms with Gasteiger partial charge in [-0.3, -0.25) is 14.4 Å². The van der Waals surface area contributed by atoms with E-state index in [0.717, 1.165) is 60.8 Å². The van der Waals surface area contributed by atoms with Gasteiger partial charge in [0.05, 0.1) is 5.56 Å². The molecular formula is C46H59FN8O5. The number of carbonyl (C=O) groups excluding carboxylic acids is 4. The van der Waals surface area contributed by atoms with E-state index >= 15 is 4.39 Å². The van der Waals surface area contributed by atoms with Crippen molar-refractivity contribution >= 4 is 29.4 Å². The number of tetrazole rings is 1. The smallest absolute Gasteiger partial charge is 0.407 e. The van der Waals surface area contributed by atoms with Gasteiger partial charge in [0.1, 0.15) is 17.2 Å². The van der Waals surface area contributed by atoms with Crippen molar-refractivity contribution < 1.29 is 28.3 Å². The Morgan fingerprint density at radius 3 is 2.30 bits per heavy atom. The Kier molecular flexibility index (Phi) is 14.5. The second kappa shape index (κ2) is 19.7. The molecule has 2 aliphatic carbocycles. The number of hydrogen-bond acceptors (Lipinski definition) is 9. The number of anilines is 1. The largest absolute Gasteiger partial charge is 0.444 e. The fraction of sp³-hybridized carbons (Fsp3) is 0.500. The minimum absolute atomic E-state index is 0.0129. The predicted molar refractivity (Wildman–Crippen MR) is 229 cm³/mol. The number of Topliss-reactive ketones (excluding diaryl/α,β-unsaturated/α-hetero) is 1. The van der Waals surface area contributed by atoms with E-state index in [-0.39, 0.29) is 59.5 Å². The second-order valence-corrected chi connectivity index (χ2v) is 17.8. The number of aromatic nitrogens is 4. The van der Waals surface area contributed by atoms with E-state index in [0.29, 0.717) is 31.0 Å². The number of hydrogen-bond donors (Lipinski definition) is 4. The molecular weight excluding hydrogens is 764 g/mol. The normalized spacial score (nSPS) is 19.9. The summed E-state index contributed by atoms with van der Waals surface area (Å²) < 4.78 is 20.5. The van der Waals surface area contributed by atoms with Gasteiger partial charge in [-0.15, -0.1) is 10.2 Å². The van der Waals surface area contributed by atoms with E-state index in [1.807, 2.05) is 70.2 Å². The molecule has 0 saturated heterocycles. The van der Waals surface area contributed by atoms with Crippen molar-refractivity contribution in [1.82, 2.24) is 36.2 Å². The molecule has 4 aromatic rings. The molecule has 0 spiro atoms. The van der Waals surface area contributed by atoms with Crippen molar-refractivity contribution in [3.05, 3.63) is 83.2 Å². The van der Waals surface area contributed by atoms with Crippen molar-refractivity contribution in [3.8, 4) is 22.5 Å². The lowest BCUT2D eigenvalue weighted by Crippen LogP contribution is -2.41. The molecule has 2 fully saturated rings. The lowest BCUT2D eigenvalue weighted by Gasteiger charge is -2.33. The summed E-state index contributed by atoms with van der Waals surface area (Å²) in [6, 6.07) is 18.6. The minimum Gasteiger partial charge on any atom is -0.444 e. The summed E-state index contributed by atoms with van der Waals surface area (Å²) in [5.41, 5.74) is 4.12. The van der Waals surface area contributed by atoms with E-state index in [1.54, 1.807) is 6.07 Å². The molecule has 0 radical (unpaired) electrons. The van der Waals surface area contributed by atoms with E-state index in [2.05, 4.69) is 55.6 Å². The molecule has 320 valence electrons. The summed E-state index contributed by atoms with van der Waals surface area (Å²) >= 11 is 0. The van der Waals surface area contributed by atoms with Crippen LogP contribution in [-0.4, -0.2) is 87.5 Å². The highest BCUT2D eigenvalue weighted by atomic mass is 19.1. The SMILES string of the molecule is Cc1cc(C(=O)NC2CCC(N(C)C)CC2)ccc1-c1cccc(C[C@H](CC(=O)C2CCC(CNC(=O)OC(C)(C)C)CC2)C(=O)Nc2ccc(-c3nn[nH]n3)c(F)c2)c1. The van der Waals surface area contributed by atoms with Gasteiger partial charge in [-0.1, -0.05) is 30.3 Å². The van der Waals surface area contributed by atoms with Gasteiger partial charge >= 0.3 is 6.09 Å². The first-order valence-electron chi connectivity index (χ1n) is 21.1. The van der Waals surface area contributed by atoms with E-state index in [4.69, 9.17) is 4.74 Å². The Morgan fingerprint density at radius 2 is 1.65 bits per heavy atom. The summed E-state index contributed by atoms with van der Waals surface area (Å²) in [5, 5.41) is 22.4. The highest BCUT2D eigenvalue weighted by Gasteiger charge is 2.31. The maximum absolute atomic E-state index is 15.1. The van der Waals surface area contributed by atoms with Gasteiger partial charge in [0, 0.05) is 48.1 Å². The number of benzene rings is 3. The fourth-order valence-corrected chi connectivity index (χ4v) is 8.48. The Morgan fingerprint density at radius 1 is 0.917 bits per heavy atom. The van der Waals surface area contributed by atoms with E-state index < -0.39 is 29.3 Å². The average molecular weight is 823 g/mol. The molecule has 6 rings (SSSR count). The zero-order chi connectivity index (χ0) is 43.0. The van der Waals surface area contributed by atoms with Crippen LogP contribution in [0.2, 0.25) is 0 Å². The first-order chi connectivity index (χ1) is 28.6. The van der Waals surface area contributed by atoms with Crippen molar-refractivity contribution in [2.24, 2.45) is 17.8 Å². The second-order valence-electron chi connectivity index (χ2n) is 17.8. The van der Waals surface area contributed by atoms with Gasteiger partial charge < -0.3 is 25.6 Å². The molecule has 4 N–H and O–H groups in total. The number of rotatable bonds is 14. The third-order valence-corrected chi connectivity index (χ3v) is 11.8. The number of H-pyrrole nitrogens is 1. The number of amides is 3. The quantitative estimate of drug-likeness (QED) is 0.0997. The Balaban J connectivity index is 1.13. The molecule has 1 heterocycles. The Bertz CT molecular complexity index is 2120. The zero-order valence-corrected chi connectivity index (χ0v) is 35.6. The molecule has 3 amide bonds. The van der Waals surface area contributed by atoms with Crippen LogP contribution in [0.1, 0.15) is 100 Å². The van der Waals surface area contributed by atoms with Gasteiger partial charge in [-0.25, -0.2) is 9.18 Å². The Hall–Kier alpha value is -5.50. The summed E-state index contributed by atoms with van der Waals surface area (Å²) in [6.45, 7) is 7.93. The number of nitrogens with one attached hydrogen (secondary N) is 4. The first kappa shape index (κ1) is 44.1. The van der Waals surface area contributed by atoms with Crippen LogP contribution in [0.25, 0.3) is 22.5 Å². The molecule has 0 unspecified atom stereocenters. The predicted octanol–water partition coefficient (Wildman–Crippen LogP) is 7.67. The van der Waals surface area contributed by atoms with Crippen molar-refractivity contribution in [2.45, 2.75) is 110 Å². The highest BCUT2D eigenvalue weighted by Crippen LogP contribution is 2.33. The van der Waals surface area contributed by atoms with Crippen LogP contribution in [-0.2, 0) is 20.7 Å². The van der Waals surface area contributed by atoms with Crippen LogP contribution in [0.5, 0.6) is 0 Å². The molecule has 1 aromatic heterocycles. The average Bonchev–Trinajstić information content (AvgIpc) is 3.74. The topological polar surface area (TPSA) is 171 Å². The number of halogens is 1. The van der Waals surface area contributed by atoms with Gasteiger partial charge in [0.25, 0.3) is 5.91 Å². The minimum atomic E-state index is -0.737. The standard InChI is InChI=1S/C46H59FN8O5/c1-28-22-33(43(57)49-35-15-18-37(19-16-35)55(5)6)14-20-38(28)32-9-7-8-30(23-32)24-34(44(58)50-36-17-21-39(40(47)26-36)42-51-53-54-52-42)25-41(56)31-12-10-29(11-13-31)27-48-45(59)60-46(2,3)4/h7-9,14,17,20-23,26,29,31,34-35,37H,10-13,15-16,18-19,24-25,27H2,1-6H3,(H,48,59)(H,49,57)(H,50,58)(H,51,52,53,54)/t29?,31?,34-,35?,37?/m1/s1. The number of alkyl carbamates (subject to hydrolysis) is 1. The molecule has 0 aliphatic heterocycles. The van der Waals surface area contributed by atoms with Crippen LogP contribution in [0.15, 0.2) is 60.7 Å². The molecule has 0 bridgehead atoms. The molecule has 2 saturated carbocycles. The molecule has 13 nitrogen and oxygen atoms in total. The molecule has 1 atom stereocenters. The number of aromatic amines is 1. The van der Waals surface area contributed by atoms with Crippen LogP contribution >= 0.6 is 0 Å². The summed E-state index contributed by atoms with van der Waals surface area (Å²) in [4.78, 5) is 55.7. The van der Waals surface area contributed by atoms with E-state index in [1.165, 1.54) is 12.1 Å². The van der Waals surface area contributed by atoms with Gasteiger partial charge in [-0.2, -0.15) is 5.21 Å². The van der Waals surface area contributed by atoms with Gasteiger partial charge in [-0.05, 0) is 163 Å². The monoisotopic (exact) mass is 822 g/mol. The third-order valence-electron chi connectivity index (χ3n) is 11.8. The maximum atomic E-state index is 15.1. The lowest BCUT2D eigenvalue weighted by atomic mass is 9.77. The van der Waals surface area contributed by atoms with E-state index in [9.17, 15) is 19.2 Å². The number of ketones is 1. The highest BCUT2D eigenvalue weighted by molar-refractivity contribution is 5.97. The van der Waals surface area contributed by atoms with Crippen molar-refractivity contribution in [2.75, 3.05) is 26.0 Å². The number of aryl methyl sites for hydroxylation is 1. The molecule has 2 aliphatic rings. The van der Waals surface area contributed by atoms with Gasteiger partial charge in [0.2, 0.25) is 11.7 Å². The lowest BCUT2D eigenvalue weighted by molar-refractivity contribution is -0.129. The maximum Gasteiger partial charge on any atom is 0.407 e. The van der Waals surface area contributed by atoms with Crippen LogP contribution in [0.3, 0.4) is 0 Å². The zero-order valence-electron chi connectivity index (χ0n) is 35.6. The third kappa shape index (κ3) is 12.0. The first-order valence-corrected chi connectivity index (χ1v) is 21.1. The molecule has 3 aromatic carbocycles. The van der Waals surface area contributed by atoms with Crippen LogP contribution in [0, 0.1) is 30.5 Å². The summed E-state index contributed by atoms with van der Waals surface area (Å²) in [6.07, 6.45) is 6.77. The van der Waals surface area contributed by atoms with Crippen molar-refractivity contribution in [3.63, 3.8) is 0 Å². The number of carbonyl (C=O) groups is 4. The number of nitrogens with zero attached hydrogens (tertiary/aromatic N) is 4.